The Balaban J connectivity index is 2.17. The maximum Gasteiger partial charge on any atom is 0.178 e. The van der Waals surface area contributed by atoms with Gasteiger partial charge in [0, 0.05) is 43.3 Å². The molecular formula is C15H20N4O. The van der Waals surface area contributed by atoms with Crippen LogP contribution in [0, 0.1) is 13.8 Å². The number of aromatic nitrogens is 3. The summed E-state index contributed by atoms with van der Waals surface area (Å²) in [4.78, 5) is 13.4. The van der Waals surface area contributed by atoms with E-state index in [0.717, 1.165) is 35.7 Å². The molecule has 0 unspecified atom stereocenters. The Hall–Kier alpha value is -1.85. The average Bonchev–Trinajstić information content (AvgIpc) is 2.46. The number of pyridine rings is 1. The molecule has 106 valence electrons. The smallest absolute Gasteiger partial charge is 0.178 e. The summed E-state index contributed by atoms with van der Waals surface area (Å²) in [5, 5.41) is 3.32. The lowest BCUT2D eigenvalue weighted by molar-refractivity contribution is 0.199. The largest absolute Gasteiger partial charge is 0.383 e. The lowest BCUT2D eigenvalue weighted by Gasteiger charge is -2.11. The quantitative estimate of drug-likeness (QED) is 0.814. The molecule has 2 aromatic heterocycles. The van der Waals surface area contributed by atoms with Crippen LogP contribution in [0.25, 0.3) is 11.5 Å². The maximum atomic E-state index is 5.02. The predicted octanol–water partition coefficient (Wildman–Crippen LogP) is 1.89. The Kier molecular flexibility index (Phi) is 5.15. The summed E-state index contributed by atoms with van der Waals surface area (Å²) in [7, 11) is 1.70. The first-order valence-electron chi connectivity index (χ1n) is 6.67. The van der Waals surface area contributed by atoms with Crippen molar-refractivity contribution in [3.63, 3.8) is 0 Å². The molecule has 0 aromatic carbocycles. The van der Waals surface area contributed by atoms with Crippen LogP contribution in [0.3, 0.4) is 0 Å². The van der Waals surface area contributed by atoms with Crippen molar-refractivity contribution in [3.05, 3.63) is 41.3 Å². The van der Waals surface area contributed by atoms with Gasteiger partial charge in [0.2, 0.25) is 0 Å². The summed E-state index contributed by atoms with van der Waals surface area (Å²) < 4.78 is 5.02. The molecule has 0 saturated carbocycles. The standard InChI is InChI=1S/C15H20N4O/c1-11-13(10-16-8-9-20-3)12(2)19-15(18-11)14-6-4-5-7-17-14/h4-7,16H,8-10H2,1-3H3. The minimum atomic E-state index is 0.682. The van der Waals surface area contributed by atoms with E-state index >= 15 is 0 Å². The Morgan fingerprint density at radius 1 is 1.15 bits per heavy atom. The topological polar surface area (TPSA) is 59.9 Å². The van der Waals surface area contributed by atoms with Gasteiger partial charge in [-0.15, -0.1) is 0 Å². The van der Waals surface area contributed by atoms with Gasteiger partial charge in [-0.2, -0.15) is 0 Å². The SMILES string of the molecule is COCCNCc1c(C)nc(-c2ccccn2)nc1C. The van der Waals surface area contributed by atoms with Crippen LogP contribution in [0.2, 0.25) is 0 Å². The number of hydrogen-bond donors (Lipinski definition) is 1. The molecule has 20 heavy (non-hydrogen) atoms. The van der Waals surface area contributed by atoms with Crippen molar-refractivity contribution in [1.29, 1.82) is 0 Å². The molecule has 0 aliphatic rings. The van der Waals surface area contributed by atoms with E-state index in [1.807, 2.05) is 32.0 Å². The zero-order valence-electron chi connectivity index (χ0n) is 12.2. The molecule has 0 spiro atoms. The summed E-state index contributed by atoms with van der Waals surface area (Å²) in [5.41, 5.74) is 3.92. The molecule has 1 N–H and O–H groups in total. The summed E-state index contributed by atoms with van der Waals surface area (Å²) in [6, 6.07) is 5.75. The highest BCUT2D eigenvalue weighted by Crippen LogP contribution is 2.16. The van der Waals surface area contributed by atoms with E-state index in [4.69, 9.17) is 4.74 Å². The van der Waals surface area contributed by atoms with Crippen LogP contribution in [0.5, 0.6) is 0 Å². The first-order chi connectivity index (χ1) is 9.72. The van der Waals surface area contributed by atoms with Gasteiger partial charge in [0.05, 0.1) is 6.61 Å². The number of rotatable bonds is 6. The van der Waals surface area contributed by atoms with Crippen LogP contribution in [-0.4, -0.2) is 35.2 Å². The van der Waals surface area contributed by atoms with Gasteiger partial charge in [0.25, 0.3) is 0 Å². The van der Waals surface area contributed by atoms with Crippen molar-refractivity contribution in [3.8, 4) is 11.5 Å². The van der Waals surface area contributed by atoms with Crippen LogP contribution in [0.15, 0.2) is 24.4 Å². The number of aryl methyl sites for hydroxylation is 2. The molecular weight excluding hydrogens is 252 g/mol. The molecule has 0 aliphatic heterocycles. The minimum Gasteiger partial charge on any atom is -0.383 e. The van der Waals surface area contributed by atoms with Gasteiger partial charge in [-0.05, 0) is 26.0 Å². The predicted molar refractivity (Wildman–Crippen MR) is 78.3 cm³/mol. The third-order valence-corrected chi connectivity index (χ3v) is 3.10. The lowest BCUT2D eigenvalue weighted by atomic mass is 10.1. The minimum absolute atomic E-state index is 0.682. The Bertz CT molecular complexity index is 534. The zero-order chi connectivity index (χ0) is 14.4. The molecule has 0 saturated heterocycles. The van der Waals surface area contributed by atoms with Crippen LogP contribution >= 0.6 is 0 Å². The zero-order valence-corrected chi connectivity index (χ0v) is 12.2. The molecule has 2 heterocycles. The normalized spacial score (nSPS) is 10.8. The van der Waals surface area contributed by atoms with Crippen molar-refractivity contribution in [2.24, 2.45) is 0 Å². The third-order valence-electron chi connectivity index (χ3n) is 3.10. The molecule has 0 bridgehead atoms. The number of methoxy groups -OCH3 is 1. The van der Waals surface area contributed by atoms with Crippen molar-refractivity contribution in [1.82, 2.24) is 20.3 Å². The highest BCUT2D eigenvalue weighted by atomic mass is 16.5. The average molecular weight is 272 g/mol. The summed E-state index contributed by atoms with van der Waals surface area (Å²) in [6.45, 7) is 6.29. The van der Waals surface area contributed by atoms with Crippen LogP contribution < -0.4 is 5.32 Å². The number of hydrogen-bond acceptors (Lipinski definition) is 5. The van der Waals surface area contributed by atoms with Gasteiger partial charge in [0.15, 0.2) is 5.82 Å². The van der Waals surface area contributed by atoms with Crippen LogP contribution in [0.1, 0.15) is 17.0 Å². The molecule has 0 radical (unpaired) electrons. The number of nitrogens with one attached hydrogen (secondary N) is 1. The Morgan fingerprint density at radius 3 is 2.50 bits per heavy atom. The van der Waals surface area contributed by atoms with Gasteiger partial charge >= 0.3 is 0 Å². The first kappa shape index (κ1) is 14.6. The first-order valence-corrected chi connectivity index (χ1v) is 6.67. The second-order valence-electron chi connectivity index (χ2n) is 4.58. The number of ether oxygens (including phenoxy) is 1. The molecule has 0 atom stereocenters. The van der Waals surface area contributed by atoms with Gasteiger partial charge in [-0.25, -0.2) is 9.97 Å². The second kappa shape index (κ2) is 7.07. The monoisotopic (exact) mass is 272 g/mol. The maximum absolute atomic E-state index is 5.02. The van der Waals surface area contributed by atoms with Crippen molar-refractivity contribution < 1.29 is 4.74 Å². The second-order valence-corrected chi connectivity index (χ2v) is 4.58. The van der Waals surface area contributed by atoms with Crippen molar-refractivity contribution in [2.75, 3.05) is 20.3 Å². The van der Waals surface area contributed by atoms with E-state index in [-0.39, 0.29) is 0 Å². The van der Waals surface area contributed by atoms with Gasteiger partial charge < -0.3 is 10.1 Å². The van der Waals surface area contributed by atoms with E-state index < -0.39 is 0 Å². The van der Waals surface area contributed by atoms with E-state index in [9.17, 15) is 0 Å². The molecule has 2 rings (SSSR count). The molecule has 5 heteroatoms. The van der Waals surface area contributed by atoms with Gasteiger partial charge in [-0.3, -0.25) is 4.98 Å². The summed E-state index contributed by atoms with van der Waals surface area (Å²) in [5.74, 6) is 0.682. The molecule has 2 aromatic rings. The summed E-state index contributed by atoms with van der Waals surface area (Å²) in [6.07, 6.45) is 1.75. The highest BCUT2D eigenvalue weighted by Gasteiger charge is 2.10. The van der Waals surface area contributed by atoms with Gasteiger partial charge in [0.1, 0.15) is 5.69 Å². The highest BCUT2D eigenvalue weighted by molar-refractivity contribution is 5.49. The fourth-order valence-corrected chi connectivity index (χ4v) is 1.99. The Labute approximate surface area is 119 Å². The molecule has 0 amide bonds. The number of nitrogens with zero attached hydrogens (tertiary/aromatic N) is 3. The molecule has 0 fully saturated rings. The third kappa shape index (κ3) is 3.59. The van der Waals surface area contributed by atoms with Crippen LogP contribution in [-0.2, 0) is 11.3 Å². The fraction of sp³-hybridized carbons (Fsp3) is 0.400. The van der Waals surface area contributed by atoms with Crippen molar-refractivity contribution >= 4 is 0 Å². The van der Waals surface area contributed by atoms with E-state index in [1.54, 1.807) is 13.3 Å². The summed E-state index contributed by atoms with van der Waals surface area (Å²) >= 11 is 0. The van der Waals surface area contributed by atoms with Crippen LogP contribution in [0.4, 0.5) is 0 Å². The fourth-order valence-electron chi connectivity index (χ4n) is 1.99. The van der Waals surface area contributed by atoms with E-state index in [2.05, 4.69) is 20.3 Å². The van der Waals surface area contributed by atoms with Crippen molar-refractivity contribution in [2.45, 2.75) is 20.4 Å². The van der Waals surface area contributed by atoms with E-state index in [1.165, 1.54) is 0 Å². The van der Waals surface area contributed by atoms with E-state index in [0.29, 0.717) is 12.4 Å². The lowest BCUT2D eigenvalue weighted by Crippen LogP contribution is -2.20. The van der Waals surface area contributed by atoms with Gasteiger partial charge in [-0.1, -0.05) is 6.07 Å². The molecule has 5 nitrogen and oxygen atoms in total. The molecule has 0 aliphatic carbocycles. The Morgan fingerprint density at radius 2 is 1.90 bits per heavy atom.